The number of rotatable bonds is 5. The molecule has 0 fully saturated rings. The van der Waals surface area contributed by atoms with Crippen molar-refractivity contribution in [3.8, 4) is 11.5 Å². The van der Waals surface area contributed by atoms with Crippen LogP contribution in [-0.2, 0) is 13.0 Å². The highest BCUT2D eigenvalue weighted by atomic mass is 16.5. The minimum Gasteiger partial charge on any atom is -0.497 e. The van der Waals surface area contributed by atoms with E-state index < -0.39 is 0 Å². The lowest BCUT2D eigenvalue weighted by Gasteiger charge is -2.28. The predicted octanol–water partition coefficient (Wildman–Crippen LogP) is 4.04. The van der Waals surface area contributed by atoms with E-state index in [0.717, 1.165) is 23.5 Å². The van der Waals surface area contributed by atoms with E-state index >= 15 is 0 Å². The lowest BCUT2D eigenvalue weighted by atomic mass is 10.00. The molecule has 1 aromatic heterocycles. The number of aromatic nitrogens is 1. The second-order valence-electron chi connectivity index (χ2n) is 6.87. The van der Waals surface area contributed by atoms with Crippen molar-refractivity contribution >= 4 is 17.3 Å². The van der Waals surface area contributed by atoms with Gasteiger partial charge in [0.25, 0.3) is 5.91 Å². The summed E-state index contributed by atoms with van der Waals surface area (Å²) < 4.78 is 10.6. The third-order valence-corrected chi connectivity index (χ3v) is 5.09. The molecule has 2 heterocycles. The molecule has 4 rings (SSSR count). The molecule has 6 heteroatoms. The molecular weight excluding hydrogens is 366 g/mol. The first-order valence-electron chi connectivity index (χ1n) is 9.49. The summed E-state index contributed by atoms with van der Waals surface area (Å²) in [5.74, 6) is 1.33. The maximum atomic E-state index is 12.9. The number of benzene rings is 2. The van der Waals surface area contributed by atoms with Crippen LogP contribution in [0.25, 0.3) is 0 Å². The second kappa shape index (κ2) is 8.22. The van der Waals surface area contributed by atoms with E-state index in [1.807, 2.05) is 41.3 Å². The van der Waals surface area contributed by atoms with Gasteiger partial charge in [0.15, 0.2) is 0 Å². The number of ether oxygens (including phenoxy) is 2. The van der Waals surface area contributed by atoms with Crippen molar-refractivity contribution in [2.45, 2.75) is 13.0 Å². The van der Waals surface area contributed by atoms with Crippen LogP contribution in [0.15, 0.2) is 60.8 Å². The Labute approximate surface area is 170 Å². The first-order chi connectivity index (χ1) is 14.2. The van der Waals surface area contributed by atoms with E-state index in [1.54, 1.807) is 26.5 Å². The Balaban J connectivity index is 1.46. The number of nitrogens with zero attached hydrogens (tertiary/aromatic N) is 2. The van der Waals surface area contributed by atoms with Crippen molar-refractivity contribution in [3.05, 3.63) is 77.6 Å². The highest BCUT2D eigenvalue weighted by molar-refractivity contribution is 5.92. The summed E-state index contributed by atoms with van der Waals surface area (Å²) in [6.07, 6.45) is 2.54. The fraction of sp³-hybridized carbons (Fsp3) is 0.217. The fourth-order valence-corrected chi connectivity index (χ4v) is 3.48. The maximum Gasteiger partial charge on any atom is 0.272 e. The number of methoxy groups -OCH3 is 2. The fourth-order valence-electron chi connectivity index (χ4n) is 3.48. The number of amides is 1. The van der Waals surface area contributed by atoms with Gasteiger partial charge in [-0.1, -0.05) is 24.3 Å². The van der Waals surface area contributed by atoms with Gasteiger partial charge in [0, 0.05) is 19.2 Å². The average molecular weight is 389 g/mol. The van der Waals surface area contributed by atoms with Crippen LogP contribution in [0.2, 0.25) is 0 Å². The molecule has 1 amide bonds. The zero-order valence-corrected chi connectivity index (χ0v) is 16.5. The van der Waals surface area contributed by atoms with Crippen LogP contribution >= 0.6 is 0 Å². The van der Waals surface area contributed by atoms with Gasteiger partial charge >= 0.3 is 0 Å². The monoisotopic (exact) mass is 389 g/mol. The zero-order chi connectivity index (χ0) is 20.2. The molecule has 3 aromatic rings. The Morgan fingerprint density at radius 1 is 1.03 bits per heavy atom. The van der Waals surface area contributed by atoms with Crippen LogP contribution in [0.1, 0.15) is 21.6 Å². The molecule has 1 N–H and O–H groups in total. The molecule has 1 aliphatic heterocycles. The molecule has 0 bridgehead atoms. The molecule has 0 spiro atoms. The minimum absolute atomic E-state index is 0.0481. The normalized spacial score (nSPS) is 12.8. The van der Waals surface area contributed by atoms with E-state index in [2.05, 4.69) is 22.4 Å². The number of nitrogens with one attached hydrogen (secondary N) is 1. The highest BCUT2D eigenvalue weighted by Crippen LogP contribution is 2.31. The van der Waals surface area contributed by atoms with Gasteiger partial charge < -0.3 is 19.7 Å². The molecular formula is C23H23N3O3. The van der Waals surface area contributed by atoms with Crippen LogP contribution in [0.5, 0.6) is 11.5 Å². The topological polar surface area (TPSA) is 63.7 Å². The molecule has 0 radical (unpaired) electrons. The molecule has 0 atom stereocenters. The van der Waals surface area contributed by atoms with Crippen LogP contribution in [-0.4, -0.2) is 36.6 Å². The lowest BCUT2D eigenvalue weighted by Crippen LogP contribution is -2.36. The maximum absolute atomic E-state index is 12.9. The van der Waals surface area contributed by atoms with Gasteiger partial charge in [-0.25, -0.2) is 4.98 Å². The van der Waals surface area contributed by atoms with Gasteiger partial charge in [-0.2, -0.15) is 0 Å². The molecule has 148 valence electrons. The Kier molecular flexibility index (Phi) is 5.33. The summed E-state index contributed by atoms with van der Waals surface area (Å²) in [6.45, 7) is 1.33. The predicted molar refractivity (Wildman–Crippen MR) is 112 cm³/mol. The molecule has 0 saturated heterocycles. The van der Waals surface area contributed by atoms with E-state index in [1.165, 1.54) is 11.1 Å². The lowest BCUT2D eigenvalue weighted by molar-refractivity contribution is 0.0729. The van der Waals surface area contributed by atoms with E-state index in [-0.39, 0.29) is 5.91 Å². The van der Waals surface area contributed by atoms with Gasteiger partial charge in [0.1, 0.15) is 17.2 Å². The van der Waals surface area contributed by atoms with E-state index in [9.17, 15) is 4.79 Å². The van der Waals surface area contributed by atoms with Crippen LogP contribution in [0, 0.1) is 0 Å². The Bertz CT molecular complexity index is 1020. The Morgan fingerprint density at radius 3 is 2.59 bits per heavy atom. The SMILES string of the molecule is COc1ccc(Nc2ccc(C(=O)N3CCc4ccccc4C3)nc2)c(OC)c1. The van der Waals surface area contributed by atoms with Crippen molar-refractivity contribution in [2.75, 3.05) is 26.1 Å². The van der Waals surface area contributed by atoms with Crippen LogP contribution in [0.4, 0.5) is 11.4 Å². The van der Waals surface area contributed by atoms with Crippen LogP contribution in [0.3, 0.4) is 0 Å². The number of carbonyl (C=O) groups is 1. The van der Waals surface area contributed by atoms with Gasteiger partial charge in [-0.05, 0) is 41.8 Å². The molecule has 0 saturated carbocycles. The quantitative estimate of drug-likeness (QED) is 0.713. The molecule has 0 aliphatic carbocycles. The number of hydrogen-bond acceptors (Lipinski definition) is 5. The number of fused-ring (bicyclic) bond motifs is 1. The van der Waals surface area contributed by atoms with Gasteiger partial charge in [-0.15, -0.1) is 0 Å². The summed E-state index contributed by atoms with van der Waals surface area (Å²) in [5.41, 5.74) is 4.53. The molecule has 6 nitrogen and oxygen atoms in total. The Morgan fingerprint density at radius 2 is 1.86 bits per heavy atom. The number of pyridine rings is 1. The summed E-state index contributed by atoms with van der Waals surface area (Å²) in [7, 11) is 3.22. The van der Waals surface area contributed by atoms with E-state index in [0.29, 0.717) is 24.5 Å². The summed E-state index contributed by atoms with van der Waals surface area (Å²) in [6, 6.07) is 17.4. The van der Waals surface area contributed by atoms with Crippen molar-refractivity contribution in [3.63, 3.8) is 0 Å². The summed E-state index contributed by atoms with van der Waals surface area (Å²) in [4.78, 5) is 19.1. The van der Waals surface area contributed by atoms with Crippen molar-refractivity contribution in [2.24, 2.45) is 0 Å². The molecule has 29 heavy (non-hydrogen) atoms. The van der Waals surface area contributed by atoms with Crippen molar-refractivity contribution in [1.82, 2.24) is 9.88 Å². The number of carbonyl (C=O) groups excluding carboxylic acids is 1. The smallest absolute Gasteiger partial charge is 0.272 e. The Hall–Kier alpha value is -3.54. The first kappa shape index (κ1) is 18.8. The number of anilines is 2. The second-order valence-corrected chi connectivity index (χ2v) is 6.87. The third-order valence-electron chi connectivity index (χ3n) is 5.09. The minimum atomic E-state index is -0.0481. The molecule has 1 aliphatic rings. The number of hydrogen-bond donors (Lipinski definition) is 1. The first-order valence-corrected chi connectivity index (χ1v) is 9.49. The zero-order valence-electron chi connectivity index (χ0n) is 16.5. The molecule has 2 aromatic carbocycles. The van der Waals surface area contributed by atoms with Crippen molar-refractivity contribution < 1.29 is 14.3 Å². The van der Waals surface area contributed by atoms with Gasteiger partial charge in [0.2, 0.25) is 0 Å². The summed E-state index contributed by atoms with van der Waals surface area (Å²) in [5, 5.41) is 3.27. The van der Waals surface area contributed by atoms with Crippen LogP contribution < -0.4 is 14.8 Å². The third kappa shape index (κ3) is 4.01. The van der Waals surface area contributed by atoms with E-state index in [4.69, 9.17) is 9.47 Å². The largest absolute Gasteiger partial charge is 0.497 e. The van der Waals surface area contributed by atoms with Gasteiger partial charge in [0.05, 0.1) is 31.8 Å². The molecule has 0 unspecified atom stereocenters. The standard InChI is InChI=1S/C23H23N3O3/c1-28-19-8-10-20(22(13-19)29-2)25-18-7-9-21(24-14-18)23(27)26-12-11-16-5-3-4-6-17(16)15-26/h3-10,13-14,25H,11-12,15H2,1-2H3. The van der Waals surface area contributed by atoms with Crippen molar-refractivity contribution in [1.29, 1.82) is 0 Å². The highest BCUT2D eigenvalue weighted by Gasteiger charge is 2.22. The average Bonchev–Trinajstić information content (AvgIpc) is 2.79. The summed E-state index contributed by atoms with van der Waals surface area (Å²) >= 11 is 0. The van der Waals surface area contributed by atoms with Gasteiger partial charge in [-0.3, -0.25) is 4.79 Å².